The summed E-state index contributed by atoms with van der Waals surface area (Å²) < 4.78 is 10.2. The number of benzene rings is 2. The predicted octanol–water partition coefficient (Wildman–Crippen LogP) is 3.38. The fourth-order valence-electron chi connectivity index (χ4n) is 2.57. The Morgan fingerprint density at radius 3 is 2.12 bits per heavy atom. The molecule has 2 aromatic carbocycles. The second-order valence-electron chi connectivity index (χ2n) is 6.71. The summed E-state index contributed by atoms with van der Waals surface area (Å²) in [5.41, 5.74) is 2.45. The van der Waals surface area contributed by atoms with Gasteiger partial charge in [-0.15, -0.1) is 5.26 Å². The van der Waals surface area contributed by atoms with Crippen LogP contribution in [-0.4, -0.2) is 23.3 Å². The van der Waals surface area contributed by atoms with Crippen molar-refractivity contribution in [3.8, 4) is 12.0 Å². The highest BCUT2D eigenvalue weighted by atomic mass is 16.6. The van der Waals surface area contributed by atoms with Gasteiger partial charge in [-0.3, -0.25) is 4.79 Å². The fraction of sp³-hybridized carbons (Fsp3) is 0.333. The molecule has 5 heteroatoms. The molecule has 2 aromatic rings. The molecule has 0 heterocycles. The van der Waals surface area contributed by atoms with Crippen LogP contribution in [0.3, 0.4) is 0 Å². The SMILES string of the molecule is CC(C)(CCO)OC(=O)Cc1ccc(Cc2ccc(OC#N)cc2)cc1. The second kappa shape index (κ2) is 9.02. The third-order valence-corrected chi connectivity index (χ3v) is 3.97. The molecule has 5 nitrogen and oxygen atoms in total. The van der Waals surface area contributed by atoms with Crippen LogP contribution in [0.15, 0.2) is 48.5 Å². The molecule has 0 bridgehead atoms. The van der Waals surface area contributed by atoms with E-state index in [9.17, 15) is 4.79 Å². The summed E-state index contributed by atoms with van der Waals surface area (Å²) in [6, 6.07) is 15.2. The fourth-order valence-corrected chi connectivity index (χ4v) is 2.57. The summed E-state index contributed by atoms with van der Waals surface area (Å²) in [6.45, 7) is 3.56. The molecular formula is C21H23NO4. The Balaban J connectivity index is 1.91. The average molecular weight is 353 g/mol. The zero-order chi connectivity index (χ0) is 19.0. The van der Waals surface area contributed by atoms with Gasteiger partial charge in [0.05, 0.1) is 6.42 Å². The molecule has 0 radical (unpaired) electrons. The Hall–Kier alpha value is -2.84. The van der Waals surface area contributed by atoms with Crippen molar-refractivity contribution < 1.29 is 19.4 Å². The van der Waals surface area contributed by atoms with Crippen LogP contribution in [0.1, 0.15) is 37.0 Å². The molecule has 136 valence electrons. The van der Waals surface area contributed by atoms with Crippen LogP contribution in [0.4, 0.5) is 0 Å². The van der Waals surface area contributed by atoms with Crippen molar-refractivity contribution in [3.63, 3.8) is 0 Å². The van der Waals surface area contributed by atoms with E-state index in [1.807, 2.05) is 36.4 Å². The van der Waals surface area contributed by atoms with Gasteiger partial charge in [0.25, 0.3) is 6.26 Å². The molecule has 0 aromatic heterocycles. The maximum atomic E-state index is 12.0. The number of hydrogen-bond acceptors (Lipinski definition) is 5. The van der Waals surface area contributed by atoms with Crippen LogP contribution in [0.2, 0.25) is 0 Å². The smallest absolute Gasteiger partial charge is 0.310 e. The normalized spacial score (nSPS) is 10.8. The third-order valence-electron chi connectivity index (χ3n) is 3.97. The number of nitrogens with zero attached hydrogens (tertiary/aromatic N) is 1. The molecule has 0 atom stereocenters. The van der Waals surface area contributed by atoms with E-state index < -0.39 is 5.60 Å². The summed E-state index contributed by atoms with van der Waals surface area (Å²) in [5.74, 6) is 0.221. The first kappa shape index (κ1) is 19.5. The van der Waals surface area contributed by atoms with Crippen molar-refractivity contribution in [2.24, 2.45) is 0 Å². The van der Waals surface area contributed by atoms with Gasteiger partial charge in [0, 0.05) is 13.0 Å². The van der Waals surface area contributed by atoms with Crippen molar-refractivity contribution in [1.29, 1.82) is 5.26 Å². The van der Waals surface area contributed by atoms with Crippen molar-refractivity contribution >= 4 is 5.97 Å². The lowest BCUT2D eigenvalue weighted by atomic mass is 10.0. The first-order valence-corrected chi connectivity index (χ1v) is 8.47. The van der Waals surface area contributed by atoms with E-state index in [0.717, 1.165) is 23.1 Å². The minimum absolute atomic E-state index is 0.0153. The molecule has 0 saturated carbocycles. The highest BCUT2D eigenvalue weighted by Gasteiger charge is 2.22. The minimum Gasteiger partial charge on any atom is -0.459 e. The van der Waals surface area contributed by atoms with E-state index in [1.165, 1.54) is 0 Å². The van der Waals surface area contributed by atoms with E-state index in [4.69, 9.17) is 19.8 Å². The van der Waals surface area contributed by atoms with Crippen molar-refractivity contribution in [2.45, 2.75) is 38.7 Å². The Morgan fingerprint density at radius 1 is 1.04 bits per heavy atom. The Bertz CT molecular complexity index is 758. The summed E-state index contributed by atoms with van der Waals surface area (Å²) in [4.78, 5) is 12.0. The number of carbonyl (C=O) groups excluding carboxylic acids is 1. The summed E-state index contributed by atoms with van der Waals surface area (Å²) in [5, 5.41) is 17.5. The largest absolute Gasteiger partial charge is 0.459 e. The van der Waals surface area contributed by atoms with E-state index in [1.54, 1.807) is 32.2 Å². The number of aliphatic hydroxyl groups is 1. The standard InChI is InChI=1S/C21H23NO4/c1-21(2,11-12-23)26-20(24)14-18-5-3-16(4-6-18)13-17-7-9-19(10-8-17)25-15-22/h3-10,23H,11-14H2,1-2H3. The van der Waals surface area contributed by atoms with Gasteiger partial charge in [0.2, 0.25) is 0 Å². The highest BCUT2D eigenvalue weighted by molar-refractivity contribution is 5.73. The quantitative estimate of drug-likeness (QED) is 0.581. The molecule has 0 aliphatic carbocycles. The van der Waals surface area contributed by atoms with Gasteiger partial charge >= 0.3 is 5.97 Å². The van der Waals surface area contributed by atoms with Gasteiger partial charge in [-0.2, -0.15) is 0 Å². The number of ether oxygens (including phenoxy) is 2. The molecule has 0 fully saturated rings. The molecule has 0 saturated heterocycles. The van der Waals surface area contributed by atoms with Crippen LogP contribution in [-0.2, 0) is 22.4 Å². The molecule has 0 spiro atoms. The predicted molar refractivity (Wildman–Crippen MR) is 97.5 cm³/mol. The molecule has 0 unspecified atom stereocenters. The van der Waals surface area contributed by atoms with Crippen LogP contribution in [0.5, 0.6) is 5.75 Å². The molecule has 0 aliphatic rings. The van der Waals surface area contributed by atoms with E-state index in [-0.39, 0.29) is 19.0 Å². The number of rotatable bonds is 8. The molecule has 0 aliphatic heterocycles. The van der Waals surface area contributed by atoms with E-state index >= 15 is 0 Å². The topological polar surface area (TPSA) is 79.6 Å². The number of aliphatic hydroxyl groups excluding tert-OH is 1. The summed E-state index contributed by atoms with van der Waals surface area (Å²) in [6.07, 6.45) is 3.01. The van der Waals surface area contributed by atoms with Gasteiger partial charge in [-0.25, -0.2) is 0 Å². The van der Waals surface area contributed by atoms with Gasteiger partial charge < -0.3 is 14.6 Å². The lowest BCUT2D eigenvalue weighted by Crippen LogP contribution is -2.29. The summed E-state index contributed by atoms with van der Waals surface area (Å²) in [7, 11) is 0. The lowest BCUT2D eigenvalue weighted by Gasteiger charge is -2.24. The van der Waals surface area contributed by atoms with Crippen molar-refractivity contribution in [2.75, 3.05) is 6.61 Å². The van der Waals surface area contributed by atoms with E-state index in [0.29, 0.717) is 12.2 Å². The maximum absolute atomic E-state index is 12.0. The van der Waals surface area contributed by atoms with E-state index in [2.05, 4.69) is 0 Å². The average Bonchev–Trinajstić information content (AvgIpc) is 2.58. The monoisotopic (exact) mass is 353 g/mol. The van der Waals surface area contributed by atoms with Crippen molar-refractivity contribution in [3.05, 3.63) is 65.2 Å². The summed E-state index contributed by atoms with van der Waals surface area (Å²) >= 11 is 0. The van der Waals surface area contributed by atoms with Gasteiger partial charge in [0.1, 0.15) is 11.4 Å². The zero-order valence-electron chi connectivity index (χ0n) is 15.1. The van der Waals surface area contributed by atoms with Crippen LogP contribution >= 0.6 is 0 Å². The number of nitriles is 1. The Kier molecular flexibility index (Phi) is 6.76. The molecule has 0 amide bonds. The first-order chi connectivity index (χ1) is 12.4. The highest BCUT2D eigenvalue weighted by Crippen LogP contribution is 2.17. The van der Waals surface area contributed by atoms with Gasteiger partial charge in [0.15, 0.2) is 0 Å². The Morgan fingerprint density at radius 2 is 1.58 bits per heavy atom. The number of hydrogen-bond donors (Lipinski definition) is 1. The van der Waals surface area contributed by atoms with Crippen molar-refractivity contribution in [1.82, 2.24) is 0 Å². The van der Waals surface area contributed by atoms with Gasteiger partial charge in [-0.05, 0) is 49.1 Å². The number of esters is 1. The zero-order valence-corrected chi connectivity index (χ0v) is 15.1. The maximum Gasteiger partial charge on any atom is 0.310 e. The lowest BCUT2D eigenvalue weighted by molar-refractivity contribution is -0.156. The van der Waals surface area contributed by atoms with Crippen LogP contribution < -0.4 is 4.74 Å². The number of carbonyl (C=O) groups is 1. The van der Waals surface area contributed by atoms with Crippen LogP contribution in [0, 0.1) is 11.5 Å². The first-order valence-electron chi connectivity index (χ1n) is 8.47. The molecule has 1 N–H and O–H groups in total. The second-order valence-corrected chi connectivity index (χ2v) is 6.71. The van der Waals surface area contributed by atoms with Crippen LogP contribution in [0.25, 0.3) is 0 Å². The van der Waals surface area contributed by atoms with Gasteiger partial charge in [-0.1, -0.05) is 36.4 Å². The minimum atomic E-state index is -0.660. The Labute approximate surface area is 153 Å². The molecule has 26 heavy (non-hydrogen) atoms. The third kappa shape index (κ3) is 6.23. The molecule has 2 rings (SSSR count). The molecular weight excluding hydrogens is 330 g/mol.